The van der Waals surface area contributed by atoms with Crippen LogP contribution in [0.2, 0.25) is 0 Å². The van der Waals surface area contributed by atoms with E-state index in [1.807, 2.05) is 78.7 Å². The highest BCUT2D eigenvalue weighted by Gasteiger charge is 2.24. The van der Waals surface area contributed by atoms with Gasteiger partial charge in [0.1, 0.15) is 0 Å². The zero-order valence-electron chi connectivity index (χ0n) is 15.1. The van der Waals surface area contributed by atoms with Gasteiger partial charge in [0, 0.05) is 19.7 Å². The third kappa shape index (κ3) is 4.57. The van der Waals surface area contributed by atoms with Gasteiger partial charge in [0.25, 0.3) is 0 Å². The van der Waals surface area contributed by atoms with Gasteiger partial charge in [0.05, 0.1) is 11.7 Å². The lowest BCUT2D eigenvalue weighted by molar-refractivity contribution is -0.131. The third-order valence-corrected chi connectivity index (χ3v) is 4.56. The molecule has 1 heterocycles. The Morgan fingerprint density at radius 1 is 0.923 bits per heavy atom. The van der Waals surface area contributed by atoms with E-state index in [0.717, 1.165) is 24.1 Å². The second-order valence-corrected chi connectivity index (χ2v) is 6.41. The number of aromatic nitrogens is 1. The van der Waals surface area contributed by atoms with Gasteiger partial charge in [-0.05, 0) is 36.1 Å². The normalized spacial score (nSPS) is 11.7. The van der Waals surface area contributed by atoms with Crippen LogP contribution >= 0.6 is 0 Å². The van der Waals surface area contributed by atoms with Crippen molar-refractivity contribution in [1.82, 2.24) is 9.88 Å². The number of amides is 1. The summed E-state index contributed by atoms with van der Waals surface area (Å²) in [5.74, 6) is 0.139. The second kappa shape index (κ2) is 8.95. The van der Waals surface area contributed by atoms with Crippen LogP contribution in [0.4, 0.5) is 0 Å². The molecular weight excluding hydrogens is 320 g/mol. The molecule has 0 radical (unpaired) electrons. The van der Waals surface area contributed by atoms with Crippen molar-refractivity contribution < 1.29 is 4.79 Å². The first-order valence-electron chi connectivity index (χ1n) is 9.01. The van der Waals surface area contributed by atoms with Gasteiger partial charge in [-0.3, -0.25) is 9.78 Å². The van der Waals surface area contributed by atoms with E-state index in [-0.39, 0.29) is 11.9 Å². The quantitative estimate of drug-likeness (QED) is 0.625. The SMILES string of the molecule is CN(C(=O)CCCc1ccccc1)C(c1ccccc1)c1ccccn1. The summed E-state index contributed by atoms with van der Waals surface area (Å²) in [7, 11) is 1.87. The minimum atomic E-state index is -0.165. The van der Waals surface area contributed by atoms with Crippen LogP contribution in [0.25, 0.3) is 0 Å². The van der Waals surface area contributed by atoms with Crippen LogP contribution < -0.4 is 0 Å². The molecule has 0 spiro atoms. The molecule has 0 aliphatic heterocycles. The van der Waals surface area contributed by atoms with E-state index >= 15 is 0 Å². The molecule has 3 aromatic rings. The summed E-state index contributed by atoms with van der Waals surface area (Å²) >= 11 is 0. The fourth-order valence-electron chi connectivity index (χ4n) is 3.17. The van der Waals surface area contributed by atoms with Gasteiger partial charge in [-0.2, -0.15) is 0 Å². The Kier molecular flexibility index (Phi) is 6.15. The van der Waals surface area contributed by atoms with Gasteiger partial charge in [0.2, 0.25) is 5.91 Å². The number of carbonyl (C=O) groups is 1. The lowest BCUT2D eigenvalue weighted by atomic mass is 10.0. The van der Waals surface area contributed by atoms with Crippen LogP contribution in [0, 0.1) is 0 Å². The lowest BCUT2D eigenvalue weighted by Crippen LogP contribution is -2.32. The molecular formula is C23H24N2O. The van der Waals surface area contributed by atoms with Crippen molar-refractivity contribution in [3.63, 3.8) is 0 Å². The number of hydrogen-bond acceptors (Lipinski definition) is 2. The highest BCUT2D eigenvalue weighted by molar-refractivity contribution is 5.76. The highest BCUT2D eigenvalue weighted by atomic mass is 16.2. The van der Waals surface area contributed by atoms with Gasteiger partial charge in [-0.1, -0.05) is 66.7 Å². The molecule has 0 aliphatic rings. The van der Waals surface area contributed by atoms with Crippen LogP contribution in [0.5, 0.6) is 0 Å². The molecule has 2 aromatic carbocycles. The first kappa shape index (κ1) is 17.9. The highest BCUT2D eigenvalue weighted by Crippen LogP contribution is 2.26. The molecule has 1 aromatic heterocycles. The molecule has 26 heavy (non-hydrogen) atoms. The summed E-state index contributed by atoms with van der Waals surface area (Å²) in [5, 5.41) is 0. The monoisotopic (exact) mass is 344 g/mol. The van der Waals surface area contributed by atoms with Gasteiger partial charge in [0.15, 0.2) is 0 Å². The molecule has 0 N–H and O–H groups in total. The average Bonchev–Trinajstić information content (AvgIpc) is 2.70. The van der Waals surface area contributed by atoms with Crippen molar-refractivity contribution in [1.29, 1.82) is 0 Å². The van der Waals surface area contributed by atoms with E-state index in [4.69, 9.17) is 0 Å². The number of hydrogen-bond donors (Lipinski definition) is 0. The second-order valence-electron chi connectivity index (χ2n) is 6.41. The minimum absolute atomic E-state index is 0.139. The number of carbonyl (C=O) groups excluding carboxylic acids is 1. The van der Waals surface area contributed by atoms with E-state index in [1.54, 1.807) is 6.20 Å². The summed E-state index contributed by atoms with van der Waals surface area (Å²) in [6.45, 7) is 0. The number of benzene rings is 2. The van der Waals surface area contributed by atoms with Crippen LogP contribution in [0.15, 0.2) is 85.1 Å². The molecule has 0 bridgehead atoms. The molecule has 3 nitrogen and oxygen atoms in total. The Hall–Kier alpha value is -2.94. The first-order valence-corrected chi connectivity index (χ1v) is 9.01. The van der Waals surface area contributed by atoms with E-state index < -0.39 is 0 Å². The van der Waals surface area contributed by atoms with Gasteiger partial charge in [-0.15, -0.1) is 0 Å². The molecule has 0 saturated heterocycles. The van der Waals surface area contributed by atoms with E-state index in [0.29, 0.717) is 6.42 Å². The standard InChI is InChI=1S/C23H24N2O/c1-25(22(26)17-10-13-19-11-4-2-5-12-19)23(20-14-6-3-7-15-20)21-16-8-9-18-24-21/h2-9,11-12,14-16,18,23H,10,13,17H2,1H3. The zero-order chi connectivity index (χ0) is 18.2. The zero-order valence-corrected chi connectivity index (χ0v) is 15.1. The molecule has 132 valence electrons. The van der Waals surface area contributed by atoms with Gasteiger partial charge >= 0.3 is 0 Å². The van der Waals surface area contributed by atoms with Crippen LogP contribution in [0.1, 0.15) is 35.7 Å². The Bertz CT molecular complexity index is 764. The molecule has 1 amide bonds. The van der Waals surface area contributed by atoms with Crippen molar-refractivity contribution >= 4 is 5.91 Å². The summed E-state index contributed by atoms with van der Waals surface area (Å²) in [5.41, 5.74) is 3.23. The summed E-state index contributed by atoms with van der Waals surface area (Å²) in [6.07, 6.45) is 4.07. The van der Waals surface area contributed by atoms with Crippen molar-refractivity contribution in [2.24, 2.45) is 0 Å². The van der Waals surface area contributed by atoms with Gasteiger partial charge < -0.3 is 4.90 Å². The van der Waals surface area contributed by atoms with Crippen molar-refractivity contribution in [2.75, 3.05) is 7.05 Å². The predicted molar refractivity (Wildman–Crippen MR) is 105 cm³/mol. The number of nitrogens with zero attached hydrogens (tertiary/aromatic N) is 2. The molecule has 0 saturated carbocycles. The van der Waals surface area contributed by atoms with Crippen molar-refractivity contribution in [3.8, 4) is 0 Å². The van der Waals surface area contributed by atoms with Crippen LogP contribution in [0.3, 0.4) is 0 Å². The number of rotatable bonds is 7. The maximum atomic E-state index is 12.8. The van der Waals surface area contributed by atoms with Crippen LogP contribution in [-0.4, -0.2) is 22.8 Å². The first-order chi connectivity index (χ1) is 12.8. The van der Waals surface area contributed by atoms with Gasteiger partial charge in [-0.25, -0.2) is 0 Å². The number of pyridine rings is 1. The molecule has 1 atom stereocenters. The maximum absolute atomic E-state index is 12.8. The summed E-state index contributed by atoms with van der Waals surface area (Å²) in [4.78, 5) is 19.1. The Balaban J connectivity index is 1.71. The lowest BCUT2D eigenvalue weighted by Gasteiger charge is -2.28. The Morgan fingerprint density at radius 3 is 2.23 bits per heavy atom. The number of aryl methyl sites for hydroxylation is 1. The average molecular weight is 344 g/mol. The van der Waals surface area contributed by atoms with E-state index in [9.17, 15) is 4.79 Å². The molecule has 3 heteroatoms. The molecule has 3 rings (SSSR count). The summed E-state index contributed by atoms with van der Waals surface area (Å²) in [6, 6.07) is 26.1. The van der Waals surface area contributed by atoms with Crippen molar-refractivity contribution in [2.45, 2.75) is 25.3 Å². The van der Waals surface area contributed by atoms with Crippen LogP contribution in [-0.2, 0) is 11.2 Å². The minimum Gasteiger partial charge on any atom is -0.333 e. The molecule has 0 aliphatic carbocycles. The summed E-state index contributed by atoms with van der Waals surface area (Å²) < 4.78 is 0. The van der Waals surface area contributed by atoms with E-state index in [1.165, 1.54) is 5.56 Å². The molecule has 1 unspecified atom stereocenters. The fourth-order valence-corrected chi connectivity index (χ4v) is 3.17. The maximum Gasteiger partial charge on any atom is 0.223 e. The van der Waals surface area contributed by atoms with E-state index in [2.05, 4.69) is 17.1 Å². The topological polar surface area (TPSA) is 33.2 Å². The fraction of sp³-hybridized carbons (Fsp3) is 0.217. The Morgan fingerprint density at radius 2 is 1.58 bits per heavy atom. The smallest absolute Gasteiger partial charge is 0.223 e. The third-order valence-electron chi connectivity index (χ3n) is 4.56. The largest absolute Gasteiger partial charge is 0.333 e. The van der Waals surface area contributed by atoms with Crippen molar-refractivity contribution in [3.05, 3.63) is 102 Å². The predicted octanol–water partition coefficient (Wildman–Crippen LogP) is 4.65. The Labute approximate surface area is 155 Å². The molecule has 0 fully saturated rings.